The van der Waals surface area contributed by atoms with Crippen LogP contribution in [0.25, 0.3) is 22.3 Å². The lowest BCUT2D eigenvalue weighted by Crippen LogP contribution is -2.37. The monoisotopic (exact) mass is 418 g/mol. The number of aromatic nitrogens is 2. The highest BCUT2D eigenvalue weighted by molar-refractivity contribution is 5.80. The number of fused-ring (bicyclic) bond motifs is 1. The summed E-state index contributed by atoms with van der Waals surface area (Å²) in [6, 6.07) is 11.0. The third kappa shape index (κ3) is 4.28. The van der Waals surface area contributed by atoms with Crippen molar-refractivity contribution in [2.45, 2.75) is 19.4 Å². The Balaban J connectivity index is 1.91. The number of phenols is 1. The van der Waals surface area contributed by atoms with E-state index in [1.165, 1.54) is 19.5 Å². The molecule has 0 unspecified atom stereocenters. The molecule has 8 heteroatoms. The van der Waals surface area contributed by atoms with Crippen molar-refractivity contribution in [1.82, 2.24) is 9.97 Å². The Hall–Kier alpha value is -4.07. The van der Waals surface area contributed by atoms with E-state index in [0.717, 1.165) is 5.56 Å². The summed E-state index contributed by atoms with van der Waals surface area (Å²) in [6.07, 6.45) is 3.16. The zero-order valence-corrected chi connectivity index (χ0v) is 17.0. The van der Waals surface area contributed by atoms with Crippen LogP contribution in [0.15, 0.2) is 64.4 Å². The summed E-state index contributed by atoms with van der Waals surface area (Å²) in [6.45, 7) is 1.93. The van der Waals surface area contributed by atoms with E-state index in [0.29, 0.717) is 39.1 Å². The molecule has 2 aromatic carbocycles. The fraction of sp³-hybridized carbons (Fsp3) is 0.174. The van der Waals surface area contributed by atoms with Gasteiger partial charge in [0.15, 0.2) is 11.5 Å². The highest BCUT2D eigenvalue weighted by Crippen LogP contribution is 2.32. The van der Waals surface area contributed by atoms with E-state index in [4.69, 9.17) is 9.15 Å². The minimum absolute atomic E-state index is 0.00384. The number of carboxylic acids is 1. The highest BCUT2D eigenvalue weighted by atomic mass is 16.5. The zero-order valence-electron chi connectivity index (χ0n) is 17.0. The number of nitrogens with zero attached hydrogens (tertiary/aromatic N) is 2. The second kappa shape index (κ2) is 8.35. The van der Waals surface area contributed by atoms with Gasteiger partial charge in [0.1, 0.15) is 11.3 Å². The second-order valence-corrected chi connectivity index (χ2v) is 7.13. The number of carboxylic acid groups (broad SMARTS) is 1. The molecule has 0 radical (unpaired) electrons. The number of benzene rings is 2. The quantitative estimate of drug-likeness (QED) is 0.494. The fourth-order valence-electron chi connectivity index (χ4n) is 3.32. The number of methoxy groups -OCH3 is 1. The first-order chi connectivity index (χ1) is 14.9. The normalized spacial score (nSPS) is 12.8. The molecule has 0 saturated carbocycles. The van der Waals surface area contributed by atoms with Crippen molar-refractivity contribution in [2.75, 3.05) is 7.11 Å². The van der Waals surface area contributed by atoms with Crippen LogP contribution < -0.4 is 15.2 Å². The van der Waals surface area contributed by atoms with E-state index < -0.39 is 12.0 Å². The maximum atomic E-state index is 11.8. The van der Waals surface area contributed by atoms with Crippen molar-refractivity contribution in [3.8, 4) is 22.8 Å². The number of phenolic OH excluding ortho intramolecular Hbond substituents is 1. The molecule has 8 nitrogen and oxygen atoms in total. The van der Waals surface area contributed by atoms with Crippen LogP contribution in [0.4, 0.5) is 0 Å². The largest absolute Gasteiger partial charge is 0.548 e. The van der Waals surface area contributed by atoms with Gasteiger partial charge >= 0.3 is 0 Å². The van der Waals surface area contributed by atoms with Gasteiger partial charge < -0.3 is 29.1 Å². The lowest BCUT2D eigenvalue weighted by Gasteiger charge is -2.13. The van der Waals surface area contributed by atoms with Crippen molar-refractivity contribution in [1.29, 1.82) is 0 Å². The standard InChI is InChI=1S/C23H21N3O5/c1-13-3-6-20-16(7-13)17(26-18(23(28)29)9-15-11-24-12-25-15)10-21(31-20)14-4-5-19(27)22(8-14)30-2/h3-8,10-12,18,27H,9H2,1-2H3,(H,24,25)(H,28,29)/p-1/t18-/m0/s1. The van der Waals surface area contributed by atoms with E-state index in [1.54, 1.807) is 24.4 Å². The van der Waals surface area contributed by atoms with Gasteiger partial charge in [0.05, 0.1) is 30.8 Å². The van der Waals surface area contributed by atoms with Crippen LogP contribution in [0.3, 0.4) is 0 Å². The topological polar surface area (TPSA) is 124 Å². The van der Waals surface area contributed by atoms with Crippen molar-refractivity contribution < 1.29 is 24.2 Å². The molecule has 0 aliphatic carbocycles. The third-order valence-corrected chi connectivity index (χ3v) is 4.90. The third-order valence-electron chi connectivity index (χ3n) is 4.90. The number of aryl methyl sites for hydroxylation is 1. The molecule has 158 valence electrons. The first-order valence-electron chi connectivity index (χ1n) is 9.58. The van der Waals surface area contributed by atoms with Gasteiger partial charge in [0.25, 0.3) is 0 Å². The van der Waals surface area contributed by atoms with Gasteiger partial charge in [-0.1, -0.05) is 11.6 Å². The first-order valence-corrected chi connectivity index (χ1v) is 9.58. The molecule has 4 rings (SSSR count). The van der Waals surface area contributed by atoms with E-state index >= 15 is 0 Å². The van der Waals surface area contributed by atoms with Crippen LogP contribution in [0.5, 0.6) is 11.5 Å². The van der Waals surface area contributed by atoms with Gasteiger partial charge in [-0.05, 0) is 37.3 Å². The minimum Gasteiger partial charge on any atom is -0.548 e. The SMILES string of the molecule is COc1cc(-c2cc(=N[C@@H](Cc3cnc[nH]3)C(=O)[O-])c3cc(C)ccc3o2)ccc1O. The van der Waals surface area contributed by atoms with E-state index in [1.807, 2.05) is 25.1 Å². The number of carbonyl (C=O) groups is 1. The van der Waals surface area contributed by atoms with E-state index in [2.05, 4.69) is 15.0 Å². The number of imidazole rings is 1. The molecule has 2 N–H and O–H groups in total. The summed E-state index contributed by atoms with van der Waals surface area (Å²) < 4.78 is 11.2. The van der Waals surface area contributed by atoms with Gasteiger partial charge in [-0.15, -0.1) is 0 Å². The molecule has 2 heterocycles. The lowest BCUT2D eigenvalue weighted by atomic mass is 10.1. The van der Waals surface area contributed by atoms with Gasteiger partial charge in [-0.2, -0.15) is 0 Å². The van der Waals surface area contributed by atoms with Crippen molar-refractivity contribution >= 4 is 16.9 Å². The van der Waals surface area contributed by atoms with Crippen LogP contribution in [0.1, 0.15) is 11.3 Å². The van der Waals surface area contributed by atoms with Crippen LogP contribution in [0.2, 0.25) is 0 Å². The Morgan fingerprint density at radius 1 is 1.29 bits per heavy atom. The number of carbonyl (C=O) groups excluding carboxylic acids is 1. The van der Waals surface area contributed by atoms with Crippen LogP contribution >= 0.6 is 0 Å². The number of ether oxygens (including phenoxy) is 1. The summed E-state index contributed by atoms with van der Waals surface area (Å²) in [4.78, 5) is 23.1. The van der Waals surface area contributed by atoms with Crippen molar-refractivity contribution in [2.24, 2.45) is 4.99 Å². The average molecular weight is 418 g/mol. The average Bonchev–Trinajstić information content (AvgIpc) is 3.27. The molecule has 31 heavy (non-hydrogen) atoms. The van der Waals surface area contributed by atoms with E-state index in [9.17, 15) is 15.0 Å². The van der Waals surface area contributed by atoms with Gasteiger partial charge in [-0.25, -0.2) is 4.98 Å². The minimum atomic E-state index is -1.29. The fourth-order valence-corrected chi connectivity index (χ4v) is 3.32. The molecular formula is C23H20N3O5-. The van der Waals surface area contributed by atoms with E-state index in [-0.39, 0.29) is 12.2 Å². The summed E-state index contributed by atoms with van der Waals surface area (Å²) in [5.41, 5.74) is 2.82. The molecule has 0 aliphatic heterocycles. The predicted molar refractivity (Wildman–Crippen MR) is 111 cm³/mol. The van der Waals surface area contributed by atoms with Gasteiger partial charge in [-0.3, -0.25) is 4.99 Å². The Labute approximate surface area is 177 Å². The summed E-state index contributed by atoms with van der Waals surface area (Å²) >= 11 is 0. The van der Waals surface area contributed by atoms with Gasteiger partial charge in [0, 0.05) is 35.3 Å². The molecule has 0 fully saturated rings. The number of H-pyrrole nitrogens is 1. The number of hydrogen-bond acceptors (Lipinski definition) is 7. The van der Waals surface area contributed by atoms with Gasteiger partial charge in [0.2, 0.25) is 0 Å². The van der Waals surface area contributed by atoms with Crippen LogP contribution in [0, 0.1) is 6.92 Å². The molecule has 0 aliphatic rings. The Bertz CT molecular complexity index is 1310. The number of hydrogen-bond donors (Lipinski definition) is 2. The van der Waals surface area contributed by atoms with Crippen LogP contribution in [-0.4, -0.2) is 34.2 Å². The highest BCUT2D eigenvalue weighted by Gasteiger charge is 2.13. The Kier molecular flexibility index (Phi) is 5.44. The molecule has 2 aromatic heterocycles. The predicted octanol–water partition coefficient (Wildman–Crippen LogP) is 2.11. The molecule has 0 bridgehead atoms. The number of aromatic amines is 1. The number of aromatic hydroxyl groups is 1. The number of rotatable bonds is 6. The Morgan fingerprint density at radius 3 is 2.84 bits per heavy atom. The molecule has 4 aromatic rings. The van der Waals surface area contributed by atoms with Crippen LogP contribution in [-0.2, 0) is 11.2 Å². The first kappa shape index (κ1) is 20.2. The number of aliphatic carboxylic acids is 1. The smallest absolute Gasteiger partial charge is 0.161 e. The second-order valence-electron chi connectivity index (χ2n) is 7.13. The lowest BCUT2D eigenvalue weighted by molar-refractivity contribution is -0.307. The summed E-state index contributed by atoms with van der Waals surface area (Å²) in [5, 5.41) is 22.8. The zero-order chi connectivity index (χ0) is 22.0. The molecule has 0 saturated heterocycles. The maximum Gasteiger partial charge on any atom is 0.161 e. The molecule has 1 atom stereocenters. The van der Waals surface area contributed by atoms with Crippen molar-refractivity contribution in [3.05, 3.63) is 71.6 Å². The Morgan fingerprint density at radius 2 is 2.13 bits per heavy atom. The number of nitrogens with one attached hydrogen (secondary N) is 1. The molecular weight excluding hydrogens is 398 g/mol. The molecule has 0 spiro atoms. The summed E-state index contributed by atoms with van der Waals surface area (Å²) in [7, 11) is 1.46. The maximum absolute atomic E-state index is 11.8. The summed E-state index contributed by atoms with van der Waals surface area (Å²) in [5.74, 6) is -0.540. The van der Waals surface area contributed by atoms with Crippen molar-refractivity contribution in [3.63, 3.8) is 0 Å². The molecule has 0 amide bonds.